The van der Waals surface area contributed by atoms with E-state index in [4.69, 9.17) is 4.74 Å². The van der Waals surface area contributed by atoms with Crippen molar-refractivity contribution in [2.24, 2.45) is 0 Å². The van der Waals surface area contributed by atoms with E-state index in [-0.39, 0.29) is 5.78 Å². The first-order valence-corrected chi connectivity index (χ1v) is 7.08. The highest BCUT2D eigenvalue weighted by atomic mass is 32.1. The summed E-state index contributed by atoms with van der Waals surface area (Å²) in [5.41, 5.74) is 1.15. The lowest BCUT2D eigenvalue weighted by atomic mass is 10.1. The molecule has 0 bridgehead atoms. The predicted octanol–water partition coefficient (Wildman–Crippen LogP) is 3.22. The average molecular weight is 289 g/mol. The molecule has 0 aliphatic carbocycles. The lowest BCUT2D eigenvalue weighted by Gasteiger charge is -2.09. The van der Waals surface area contributed by atoms with E-state index in [1.54, 1.807) is 18.2 Å². The summed E-state index contributed by atoms with van der Waals surface area (Å²) in [7, 11) is 1.35. The molecule has 0 unspecified atom stereocenters. The van der Waals surface area contributed by atoms with Gasteiger partial charge in [0, 0.05) is 18.7 Å². The number of esters is 1. The molecule has 2 rings (SSSR count). The van der Waals surface area contributed by atoms with E-state index < -0.39 is 5.97 Å². The Morgan fingerprint density at radius 3 is 2.70 bits per heavy atom. The highest BCUT2D eigenvalue weighted by Gasteiger charge is 2.11. The first-order chi connectivity index (χ1) is 9.72. The van der Waals surface area contributed by atoms with Crippen molar-refractivity contribution in [3.63, 3.8) is 0 Å². The van der Waals surface area contributed by atoms with Crippen molar-refractivity contribution < 1.29 is 14.3 Å². The number of thiophene rings is 1. The fourth-order valence-corrected chi connectivity index (χ4v) is 2.49. The summed E-state index contributed by atoms with van der Waals surface area (Å²) in [6, 6.07) is 10.8. The van der Waals surface area contributed by atoms with E-state index in [0.29, 0.717) is 24.2 Å². The zero-order valence-electron chi connectivity index (χ0n) is 11.1. The van der Waals surface area contributed by atoms with Crippen LogP contribution in [0.4, 0.5) is 5.69 Å². The van der Waals surface area contributed by atoms with Crippen molar-refractivity contribution in [1.29, 1.82) is 0 Å². The van der Waals surface area contributed by atoms with Gasteiger partial charge in [-0.1, -0.05) is 18.2 Å². The molecule has 0 aliphatic rings. The Hall–Kier alpha value is -2.14. The van der Waals surface area contributed by atoms with Crippen LogP contribution in [-0.2, 0) is 4.74 Å². The molecule has 1 N–H and O–H groups in total. The van der Waals surface area contributed by atoms with Gasteiger partial charge in [-0.25, -0.2) is 4.79 Å². The second-order valence-corrected chi connectivity index (χ2v) is 5.06. The van der Waals surface area contributed by atoms with Gasteiger partial charge in [0.1, 0.15) is 0 Å². The van der Waals surface area contributed by atoms with Crippen molar-refractivity contribution in [2.45, 2.75) is 6.42 Å². The molecule has 104 valence electrons. The molecule has 0 saturated heterocycles. The maximum Gasteiger partial charge on any atom is 0.339 e. The minimum Gasteiger partial charge on any atom is -0.465 e. The number of ether oxygens (including phenoxy) is 1. The predicted molar refractivity (Wildman–Crippen MR) is 79.5 cm³/mol. The van der Waals surface area contributed by atoms with E-state index in [0.717, 1.165) is 4.88 Å². The maximum atomic E-state index is 11.8. The molecule has 1 aromatic carbocycles. The summed E-state index contributed by atoms with van der Waals surface area (Å²) < 4.78 is 4.72. The van der Waals surface area contributed by atoms with E-state index in [1.165, 1.54) is 18.4 Å². The van der Waals surface area contributed by atoms with Crippen LogP contribution in [0.2, 0.25) is 0 Å². The third-order valence-electron chi connectivity index (χ3n) is 2.80. The fraction of sp³-hybridized carbons (Fsp3) is 0.200. The maximum absolute atomic E-state index is 11.8. The number of ketones is 1. The Morgan fingerprint density at radius 1 is 1.20 bits per heavy atom. The largest absolute Gasteiger partial charge is 0.465 e. The van der Waals surface area contributed by atoms with E-state index in [9.17, 15) is 9.59 Å². The average Bonchev–Trinajstić information content (AvgIpc) is 3.01. The summed E-state index contributed by atoms with van der Waals surface area (Å²) >= 11 is 1.44. The molecule has 1 heterocycles. The van der Waals surface area contributed by atoms with E-state index >= 15 is 0 Å². The van der Waals surface area contributed by atoms with Crippen molar-refractivity contribution >= 4 is 28.8 Å². The van der Waals surface area contributed by atoms with Crippen LogP contribution < -0.4 is 5.32 Å². The molecule has 0 saturated carbocycles. The standard InChI is InChI=1S/C15H15NO3S/c1-19-15(18)11-5-2-3-6-12(11)16-9-8-13(17)14-7-4-10-20-14/h2-7,10,16H,8-9H2,1H3. The van der Waals surface area contributed by atoms with Crippen LogP contribution >= 0.6 is 11.3 Å². The number of para-hydroxylation sites is 1. The van der Waals surface area contributed by atoms with Gasteiger partial charge in [0.05, 0.1) is 17.6 Å². The van der Waals surface area contributed by atoms with E-state index in [2.05, 4.69) is 5.32 Å². The van der Waals surface area contributed by atoms with Crippen LogP contribution in [0.5, 0.6) is 0 Å². The van der Waals surface area contributed by atoms with Crippen LogP contribution in [0.3, 0.4) is 0 Å². The number of Topliss-reactive ketones (excluding diaryl/α,β-unsaturated/α-hetero) is 1. The van der Waals surface area contributed by atoms with Gasteiger partial charge in [0.25, 0.3) is 0 Å². The van der Waals surface area contributed by atoms with Gasteiger partial charge < -0.3 is 10.1 Å². The second-order valence-electron chi connectivity index (χ2n) is 4.11. The molecule has 0 spiro atoms. The molecule has 0 amide bonds. The normalized spacial score (nSPS) is 10.1. The molecule has 20 heavy (non-hydrogen) atoms. The topological polar surface area (TPSA) is 55.4 Å². The van der Waals surface area contributed by atoms with Crippen molar-refractivity contribution in [2.75, 3.05) is 19.0 Å². The zero-order chi connectivity index (χ0) is 14.4. The molecule has 0 aliphatic heterocycles. The van der Waals surface area contributed by atoms with Crippen LogP contribution in [0.25, 0.3) is 0 Å². The number of hydrogen-bond donors (Lipinski definition) is 1. The minimum absolute atomic E-state index is 0.100. The lowest BCUT2D eigenvalue weighted by Crippen LogP contribution is -2.11. The highest BCUT2D eigenvalue weighted by Crippen LogP contribution is 2.16. The quantitative estimate of drug-likeness (QED) is 0.655. The molecule has 2 aromatic rings. The molecule has 1 aromatic heterocycles. The zero-order valence-corrected chi connectivity index (χ0v) is 11.9. The number of carbonyl (C=O) groups excluding carboxylic acids is 2. The number of rotatable bonds is 6. The van der Waals surface area contributed by atoms with Gasteiger partial charge in [-0.05, 0) is 23.6 Å². The summed E-state index contributed by atoms with van der Waals surface area (Å²) in [5.74, 6) is -0.291. The van der Waals surface area contributed by atoms with Gasteiger partial charge in [-0.15, -0.1) is 11.3 Å². The van der Waals surface area contributed by atoms with Crippen molar-refractivity contribution in [3.8, 4) is 0 Å². The summed E-state index contributed by atoms with van der Waals surface area (Å²) in [6.45, 7) is 0.477. The van der Waals surface area contributed by atoms with E-state index in [1.807, 2.05) is 23.6 Å². The molecule has 4 nitrogen and oxygen atoms in total. The van der Waals surface area contributed by atoms with Crippen molar-refractivity contribution in [1.82, 2.24) is 0 Å². The first-order valence-electron chi connectivity index (χ1n) is 6.20. The van der Waals surface area contributed by atoms with Crippen LogP contribution in [0.1, 0.15) is 26.5 Å². The number of anilines is 1. The Kier molecular flexibility index (Phi) is 4.90. The number of carbonyl (C=O) groups is 2. The van der Waals surface area contributed by atoms with Gasteiger partial charge >= 0.3 is 5.97 Å². The number of methoxy groups -OCH3 is 1. The first kappa shape index (κ1) is 14.3. The SMILES string of the molecule is COC(=O)c1ccccc1NCCC(=O)c1cccs1. The molecule has 0 atom stereocenters. The number of benzene rings is 1. The third-order valence-corrected chi connectivity index (χ3v) is 3.71. The smallest absolute Gasteiger partial charge is 0.339 e. The lowest BCUT2D eigenvalue weighted by molar-refractivity contribution is 0.0601. The highest BCUT2D eigenvalue weighted by molar-refractivity contribution is 7.12. The summed E-state index contributed by atoms with van der Waals surface area (Å²) in [6.07, 6.45) is 0.385. The van der Waals surface area contributed by atoms with Crippen LogP contribution in [-0.4, -0.2) is 25.4 Å². The minimum atomic E-state index is -0.391. The van der Waals surface area contributed by atoms with Crippen LogP contribution in [0.15, 0.2) is 41.8 Å². The van der Waals surface area contributed by atoms with Gasteiger partial charge in [0.2, 0.25) is 0 Å². The molecular formula is C15H15NO3S. The van der Waals surface area contributed by atoms with Crippen molar-refractivity contribution in [3.05, 3.63) is 52.2 Å². The summed E-state index contributed by atoms with van der Waals surface area (Å²) in [4.78, 5) is 24.2. The Labute approximate surface area is 121 Å². The Morgan fingerprint density at radius 2 is 2.00 bits per heavy atom. The van der Waals surface area contributed by atoms with Gasteiger partial charge in [-0.3, -0.25) is 4.79 Å². The third kappa shape index (κ3) is 3.45. The molecule has 0 fully saturated rings. The molecular weight excluding hydrogens is 274 g/mol. The second kappa shape index (κ2) is 6.86. The Bertz CT molecular complexity index is 593. The number of nitrogens with one attached hydrogen (secondary N) is 1. The van der Waals surface area contributed by atoms with Crippen LogP contribution in [0, 0.1) is 0 Å². The molecule has 5 heteroatoms. The summed E-state index contributed by atoms with van der Waals surface area (Å²) in [5, 5.41) is 4.99. The fourth-order valence-electron chi connectivity index (χ4n) is 1.80. The molecule has 0 radical (unpaired) electrons. The van der Waals surface area contributed by atoms with Gasteiger partial charge in [-0.2, -0.15) is 0 Å². The van der Waals surface area contributed by atoms with Gasteiger partial charge in [0.15, 0.2) is 5.78 Å². The number of hydrogen-bond acceptors (Lipinski definition) is 5. The monoisotopic (exact) mass is 289 g/mol. The Balaban J connectivity index is 1.94.